The molecule has 3 heterocycles. The maximum Gasteiger partial charge on any atom is 0.257 e. The van der Waals surface area contributed by atoms with Crippen LogP contribution in [0.25, 0.3) is 0 Å². The van der Waals surface area contributed by atoms with Crippen molar-refractivity contribution >= 4 is 11.6 Å². The lowest BCUT2D eigenvalue weighted by molar-refractivity contribution is -0.276. The largest absolute Gasteiger partial charge is 0.392 e. The van der Waals surface area contributed by atoms with E-state index in [-0.39, 0.29) is 30.6 Å². The van der Waals surface area contributed by atoms with Crippen molar-refractivity contribution < 1.29 is 19.4 Å². The molecule has 1 aliphatic carbocycles. The van der Waals surface area contributed by atoms with Gasteiger partial charge in [0, 0.05) is 48.7 Å². The zero-order valence-corrected chi connectivity index (χ0v) is 25.1. The summed E-state index contributed by atoms with van der Waals surface area (Å²) in [5.74, 6) is -0.0606. The Labute approximate surface area is 249 Å². The van der Waals surface area contributed by atoms with Crippen LogP contribution in [0.1, 0.15) is 86.4 Å². The number of hydrogen-bond acceptors (Lipinski definition) is 6. The summed E-state index contributed by atoms with van der Waals surface area (Å²) in [6, 6.07) is 19.9. The van der Waals surface area contributed by atoms with Gasteiger partial charge in [-0.25, -0.2) is 0 Å². The number of fused-ring (bicyclic) bond motifs is 2. The number of amides is 1. The second-order valence-electron chi connectivity index (χ2n) is 13.8. The van der Waals surface area contributed by atoms with Crippen molar-refractivity contribution in [2.45, 2.75) is 78.1 Å². The fourth-order valence-electron chi connectivity index (χ4n) is 7.77. The van der Waals surface area contributed by atoms with Crippen LogP contribution in [0.3, 0.4) is 0 Å². The van der Waals surface area contributed by atoms with E-state index in [4.69, 9.17) is 9.47 Å². The van der Waals surface area contributed by atoms with Crippen molar-refractivity contribution in [3.63, 3.8) is 0 Å². The Balaban J connectivity index is 1.22. The lowest BCUT2D eigenvalue weighted by Crippen LogP contribution is -2.46. The number of pyridine rings is 1. The number of hydrogen-bond donors (Lipinski definition) is 2. The summed E-state index contributed by atoms with van der Waals surface area (Å²) in [5, 5.41) is 12.5. The van der Waals surface area contributed by atoms with Crippen LogP contribution in [0.4, 0.5) is 5.69 Å². The first-order valence-electron chi connectivity index (χ1n) is 15.2. The molecule has 1 amide bonds. The third kappa shape index (κ3) is 6.16. The van der Waals surface area contributed by atoms with Gasteiger partial charge in [0.1, 0.15) is 0 Å². The van der Waals surface area contributed by atoms with E-state index in [1.807, 2.05) is 36.4 Å². The Bertz CT molecular complexity index is 1380. The molecule has 0 spiro atoms. The highest BCUT2D eigenvalue weighted by molar-refractivity contribution is 6.04. The Hall–Kier alpha value is -3.10. The average molecular weight is 570 g/mol. The number of nitrogens with zero attached hydrogens (tertiary/aromatic N) is 2. The Morgan fingerprint density at radius 3 is 2.45 bits per heavy atom. The topological polar surface area (TPSA) is 83.9 Å². The Morgan fingerprint density at radius 1 is 1.02 bits per heavy atom. The number of carbonyl (C=O) groups is 1. The summed E-state index contributed by atoms with van der Waals surface area (Å²) in [5.41, 5.74) is 4.82. The van der Waals surface area contributed by atoms with E-state index < -0.39 is 6.29 Å². The summed E-state index contributed by atoms with van der Waals surface area (Å²) in [7, 11) is 0. The number of nitrogens with one attached hydrogen (secondary N) is 1. The number of aromatic nitrogens is 1. The fraction of sp³-hybridized carbons (Fsp3) is 0.486. The second kappa shape index (κ2) is 11.5. The summed E-state index contributed by atoms with van der Waals surface area (Å²) in [6.07, 6.45) is 6.25. The first kappa shape index (κ1) is 29.0. The highest BCUT2D eigenvalue weighted by Gasteiger charge is 2.51. The van der Waals surface area contributed by atoms with Gasteiger partial charge in [0.15, 0.2) is 6.29 Å². The molecule has 2 N–H and O–H groups in total. The third-order valence-corrected chi connectivity index (χ3v) is 9.43. The molecule has 3 aliphatic rings. The zero-order valence-electron chi connectivity index (χ0n) is 25.1. The number of likely N-dealkylation sites (tertiary alicyclic amines) is 1. The molecule has 6 atom stereocenters. The lowest BCUT2D eigenvalue weighted by atomic mass is 9.65. The number of carbonyl (C=O) groups excluding carboxylic acids is 1. The number of rotatable bonds is 7. The van der Waals surface area contributed by atoms with Gasteiger partial charge >= 0.3 is 0 Å². The highest BCUT2D eigenvalue weighted by atomic mass is 16.7. The number of aliphatic hydroxyl groups is 1. The quantitative estimate of drug-likeness (QED) is 0.337. The standard InChI is InChI=1S/C35H43N3O4/c1-23-30(19-38-22-35(4)17-29(38)16-34(2,3)21-35)41-33(42-31(23)25-9-7-24(20-39)8-10-25)26-11-13-28(14-12-26)37-32(40)27-6-5-15-36-18-27/h5-15,18,23,29-31,33,39H,16-17,19-22H2,1-4H3,(H,37,40). The first-order chi connectivity index (χ1) is 20.1. The first-order valence-corrected chi connectivity index (χ1v) is 15.2. The number of ether oxygens (including phenoxy) is 2. The highest BCUT2D eigenvalue weighted by Crippen LogP contribution is 2.53. The number of anilines is 1. The number of benzene rings is 2. The van der Waals surface area contributed by atoms with E-state index in [2.05, 4.69) is 55.0 Å². The second-order valence-corrected chi connectivity index (χ2v) is 13.8. The zero-order chi connectivity index (χ0) is 29.5. The summed E-state index contributed by atoms with van der Waals surface area (Å²) in [4.78, 5) is 19.3. The molecule has 6 unspecified atom stereocenters. The minimum atomic E-state index is -0.536. The van der Waals surface area contributed by atoms with E-state index in [1.165, 1.54) is 19.3 Å². The minimum absolute atomic E-state index is 0.0118. The van der Waals surface area contributed by atoms with Gasteiger partial charge < -0.3 is 19.9 Å². The van der Waals surface area contributed by atoms with Crippen molar-refractivity contribution in [2.24, 2.45) is 16.7 Å². The van der Waals surface area contributed by atoms with Gasteiger partial charge in [0.2, 0.25) is 0 Å². The Kier molecular flexibility index (Phi) is 7.96. The van der Waals surface area contributed by atoms with Crippen LogP contribution >= 0.6 is 0 Å². The van der Waals surface area contributed by atoms with Crippen LogP contribution in [0, 0.1) is 16.7 Å². The SMILES string of the molecule is CC1C(CN2CC3(C)CC2CC(C)(C)C3)OC(c2ccc(NC(=O)c3cccnc3)cc2)OC1c1ccc(CO)cc1. The molecule has 1 saturated carbocycles. The van der Waals surface area contributed by atoms with E-state index in [1.54, 1.807) is 24.5 Å². The van der Waals surface area contributed by atoms with E-state index in [0.717, 1.165) is 29.8 Å². The van der Waals surface area contributed by atoms with Crippen LogP contribution in [0.2, 0.25) is 0 Å². The molecule has 0 radical (unpaired) electrons. The molecule has 1 aromatic heterocycles. The van der Waals surface area contributed by atoms with Crippen molar-refractivity contribution in [1.82, 2.24) is 9.88 Å². The molecule has 222 valence electrons. The maximum absolute atomic E-state index is 12.6. The molecule has 2 bridgehead atoms. The predicted molar refractivity (Wildman–Crippen MR) is 163 cm³/mol. The third-order valence-electron chi connectivity index (χ3n) is 9.43. The minimum Gasteiger partial charge on any atom is -0.392 e. The normalized spacial score (nSPS) is 30.6. The van der Waals surface area contributed by atoms with E-state index in [9.17, 15) is 9.90 Å². The molecule has 6 rings (SSSR count). The van der Waals surface area contributed by atoms with Gasteiger partial charge in [0.25, 0.3) is 5.91 Å². The smallest absolute Gasteiger partial charge is 0.257 e. The van der Waals surface area contributed by atoms with Gasteiger partial charge in [-0.2, -0.15) is 0 Å². The predicted octanol–water partition coefficient (Wildman–Crippen LogP) is 6.52. The van der Waals surface area contributed by atoms with Gasteiger partial charge in [-0.3, -0.25) is 14.7 Å². The van der Waals surface area contributed by atoms with Crippen molar-refractivity contribution in [3.05, 3.63) is 95.3 Å². The van der Waals surface area contributed by atoms with Crippen LogP contribution in [-0.2, 0) is 16.1 Å². The van der Waals surface area contributed by atoms with Crippen LogP contribution < -0.4 is 5.32 Å². The monoisotopic (exact) mass is 569 g/mol. The molecule has 42 heavy (non-hydrogen) atoms. The molecule has 3 fully saturated rings. The van der Waals surface area contributed by atoms with Crippen LogP contribution in [-0.4, -0.2) is 46.1 Å². The van der Waals surface area contributed by atoms with E-state index >= 15 is 0 Å². The lowest BCUT2D eigenvalue weighted by Gasteiger charge is -2.43. The van der Waals surface area contributed by atoms with Crippen molar-refractivity contribution in [1.29, 1.82) is 0 Å². The summed E-state index contributed by atoms with van der Waals surface area (Å²) < 4.78 is 13.4. The number of aliphatic hydroxyl groups excluding tert-OH is 1. The molecular weight excluding hydrogens is 526 g/mol. The van der Waals surface area contributed by atoms with Gasteiger partial charge in [0.05, 0.1) is 24.4 Å². The molecule has 7 nitrogen and oxygen atoms in total. The van der Waals surface area contributed by atoms with Gasteiger partial charge in [-0.15, -0.1) is 0 Å². The summed E-state index contributed by atoms with van der Waals surface area (Å²) in [6.45, 7) is 11.5. The van der Waals surface area contributed by atoms with Crippen LogP contribution in [0.5, 0.6) is 0 Å². The van der Waals surface area contributed by atoms with Crippen LogP contribution in [0.15, 0.2) is 73.1 Å². The summed E-state index contributed by atoms with van der Waals surface area (Å²) >= 11 is 0. The average Bonchev–Trinajstić information content (AvgIpc) is 3.22. The molecule has 2 aliphatic heterocycles. The molecular formula is C35H43N3O4. The van der Waals surface area contributed by atoms with Gasteiger partial charge in [-0.05, 0) is 65.5 Å². The maximum atomic E-state index is 12.6. The molecule has 2 aromatic carbocycles. The fourth-order valence-corrected chi connectivity index (χ4v) is 7.77. The molecule has 2 saturated heterocycles. The van der Waals surface area contributed by atoms with Crippen molar-refractivity contribution in [2.75, 3.05) is 18.4 Å². The Morgan fingerprint density at radius 2 is 1.76 bits per heavy atom. The van der Waals surface area contributed by atoms with Crippen molar-refractivity contribution in [3.8, 4) is 0 Å². The van der Waals surface area contributed by atoms with Gasteiger partial charge in [-0.1, -0.05) is 64.1 Å². The molecule has 7 heteroatoms. The van der Waals surface area contributed by atoms with E-state index in [0.29, 0.717) is 28.1 Å². The molecule has 3 aromatic rings.